The first-order valence-corrected chi connectivity index (χ1v) is 7.06. The maximum absolute atomic E-state index is 14.1. The molecule has 0 radical (unpaired) electrons. The van der Waals surface area contributed by atoms with Crippen molar-refractivity contribution in [2.24, 2.45) is 0 Å². The molecule has 1 aliphatic rings. The predicted molar refractivity (Wildman–Crippen MR) is 77.0 cm³/mol. The largest absolute Gasteiger partial charge is 0.434 e. The van der Waals surface area contributed by atoms with Gasteiger partial charge in [-0.3, -0.25) is 4.57 Å². The fraction of sp³-hybridized carbons (Fsp3) is 0.312. The van der Waals surface area contributed by atoms with Crippen molar-refractivity contribution in [1.29, 1.82) is 5.26 Å². The van der Waals surface area contributed by atoms with Crippen molar-refractivity contribution < 1.29 is 18.7 Å². The van der Waals surface area contributed by atoms with Crippen LogP contribution in [0.15, 0.2) is 36.5 Å². The fourth-order valence-corrected chi connectivity index (χ4v) is 2.40. The third-order valence-electron chi connectivity index (χ3n) is 3.79. The van der Waals surface area contributed by atoms with Gasteiger partial charge in [-0.1, -0.05) is 30.3 Å². The van der Waals surface area contributed by atoms with Gasteiger partial charge in [-0.2, -0.15) is 9.65 Å². The number of aromatic nitrogens is 2. The van der Waals surface area contributed by atoms with E-state index in [1.807, 2.05) is 36.4 Å². The normalized spacial score (nSPS) is 16.9. The van der Waals surface area contributed by atoms with Gasteiger partial charge >= 0.3 is 5.97 Å². The number of nitriles is 1. The molecule has 23 heavy (non-hydrogen) atoms. The highest BCUT2D eigenvalue weighted by molar-refractivity contribution is 5.88. The number of rotatable bonds is 4. The molecule has 2 heterocycles. The molecule has 7 heteroatoms. The van der Waals surface area contributed by atoms with E-state index < -0.39 is 23.7 Å². The number of halogens is 1. The zero-order valence-electron chi connectivity index (χ0n) is 12.4. The van der Waals surface area contributed by atoms with Crippen LogP contribution in [0.3, 0.4) is 0 Å². The van der Waals surface area contributed by atoms with Crippen molar-refractivity contribution in [2.75, 3.05) is 13.2 Å². The highest BCUT2D eigenvalue weighted by atomic mass is 19.1. The summed E-state index contributed by atoms with van der Waals surface area (Å²) in [4.78, 5) is 15.9. The standard InChI is InChI=1S/C16H14FN3O3/c1-11(12-5-3-2-4-6-12)20-13(7-19-15(20)17)14(21)23-16(8-18)9-22-10-16/h2-7,11H,9-10H2,1H3/t11-/m1/s1. The molecule has 1 aromatic carbocycles. The number of carbonyl (C=O) groups excluding carboxylic acids is 1. The number of carbonyl (C=O) groups is 1. The van der Waals surface area contributed by atoms with Gasteiger partial charge in [0.25, 0.3) is 6.08 Å². The maximum atomic E-state index is 14.1. The Morgan fingerprint density at radius 1 is 1.48 bits per heavy atom. The van der Waals surface area contributed by atoms with Crippen LogP contribution < -0.4 is 0 Å². The van der Waals surface area contributed by atoms with Crippen molar-refractivity contribution in [3.63, 3.8) is 0 Å². The molecule has 0 spiro atoms. The Morgan fingerprint density at radius 2 is 2.17 bits per heavy atom. The van der Waals surface area contributed by atoms with Crippen molar-refractivity contribution >= 4 is 5.97 Å². The summed E-state index contributed by atoms with van der Waals surface area (Å²) in [6, 6.07) is 10.6. The molecular formula is C16H14FN3O3. The van der Waals surface area contributed by atoms with Crippen LogP contribution >= 0.6 is 0 Å². The summed E-state index contributed by atoms with van der Waals surface area (Å²) in [6.45, 7) is 1.78. The third kappa shape index (κ3) is 2.69. The molecule has 1 aliphatic heterocycles. The summed E-state index contributed by atoms with van der Waals surface area (Å²) in [5.41, 5.74) is -0.514. The predicted octanol–water partition coefficient (Wildman–Crippen LogP) is 2.08. The van der Waals surface area contributed by atoms with Gasteiger partial charge in [0.1, 0.15) is 25.0 Å². The van der Waals surface area contributed by atoms with Gasteiger partial charge in [-0.15, -0.1) is 0 Å². The first-order chi connectivity index (χ1) is 11.1. The fourth-order valence-electron chi connectivity index (χ4n) is 2.40. The van der Waals surface area contributed by atoms with Crippen LogP contribution in [0.4, 0.5) is 4.39 Å². The van der Waals surface area contributed by atoms with Gasteiger partial charge in [-0.25, -0.2) is 9.78 Å². The van der Waals surface area contributed by atoms with Crippen molar-refractivity contribution in [3.05, 3.63) is 53.9 Å². The van der Waals surface area contributed by atoms with E-state index in [0.717, 1.165) is 16.3 Å². The number of ether oxygens (including phenoxy) is 2. The number of esters is 1. The lowest BCUT2D eigenvalue weighted by Gasteiger charge is -2.34. The van der Waals surface area contributed by atoms with E-state index in [-0.39, 0.29) is 18.9 Å². The molecule has 0 saturated carbocycles. The Hall–Kier alpha value is -2.72. The molecular weight excluding hydrogens is 301 g/mol. The monoisotopic (exact) mass is 315 g/mol. The number of hydrogen-bond donors (Lipinski definition) is 0. The highest BCUT2D eigenvalue weighted by Gasteiger charge is 2.44. The Balaban J connectivity index is 1.90. The van der Waals surface area contributed by atoms with E-state index >= 15 is 0 Å². The van der Waals surface area contributed by atoms with Crippen molar-refractivity contribution in [3.8, 4) is 6.07 Å². The van der Waals surface area contributed by atoms with Crippen molar-refractivity contribution in [1.82, 2.24) is 9.55 Å². The molecule has 1 aromatic heterocycles. The minimum Gasteiger partial charge on any atom is -0.434 e. The van der Waals surface area contributed by atoms with Gasteiger partial charge < -0.3 is 9.47 Å². The molecule has 6 nitrogen and oxygen atoms in total. The van der Waals surface area contributed by atoms with E-state index in [0.29, 0.717) is 0 Å². The Morgan fingerprint density at radius 3 is 2.74 bits per heavy atom. The number of imidazole rings is 1. The van der Waals surface area contributed by atoms with Crippen LogP contribution in [-0.2, 0) is 9.47 Å². The first-order valence-electron chi connectivity index (χ1n) is 7.06. The average Bonchev–Trinajstić information content (AvgIpc) is 2.92. The van der Waals surface area contributed by atoms with E-state index in [1.54, 1.807) is 6.92 Å². The molecule has 0 amide bonds. The molecule has 1 fully saturated rings. The van der Waals surface area contributed by atoms with E-state index in [2.05, 4.69) is 4.98 Å². The summed E-state index contributed by atoms with van der Waals surface area (Å²) >= 11 is 0. The maximum Gasteiger partial charge on any atom is 0.358 e. The number of hydrogen-bond acceptors (Lipinski definition) is 5. The van der Waals surface area contributed by atoms with Gasteiger partial charge in [-0.05, 0) is 12.5 Å². The smallest absolute Gasteiger partial charge is 0.358 e. The number of nitrogens with zero attached hydrogens (tertiary/aromatic N) is 3. The van der Waals surface area contributed by atoms with Crippen LogP contribution in [0.2, 0.25) is 0 Å². The van der Waals surface area contributed by atoms with E-state index in [1.165, 1.54) is 0 Å². The van der Waals surface area contributed by atoms with Crippen LogP contribution in [0, 0.1) is 17.4 Å². The van der Waals surface area contributed by atoms with Gasteiger partial charge in [0.15, 0.2) is 0 Å². The Labute approximate surface area is 132 Å². The summed E-state index contributed by atoms with van der Waals surface area (Å²) in [6.07, 6.45) is 0.325. The zero-order chi connectivity index (χ0) is 16.4. The molecule has 0 aliphatic carbocycles. The minimum absolute atomic E-state index is 0.0140. The van der Waals surface area contributed by atoms with Gasteiger partial charge in [0, 0.05) is 0 Å². The third-order valence-corrected chi connectivity index (χ3v) is 3.79. The second kappa shape index (κ2) is 5.82. The lowest BCUT2D eigenvalue weighted by Crippen LogP contribution is -2.52. The first kappa shape index (κ1) is 15.2. The Kier molecular flexibility index (Phi) is 3.84. The highest BCUT2D eigenvalue weighted by Crippen LogP contribution is 2.25. The summed E-state index contributed by atoms with van der Waals surface area (Å²) in [7, 11) is 0. The minimum atomic E-state index is -1.29. The van der Waals surface area contributed by atoms with Crippen molar-refractivity contribution in [2.45, 2.75) is 18.6 Å². The lowest BCUT2D eigenvalue weighted by atomic mass is 10.0. The van der Waals surface area contributed by atoms with E-state index in [4.69, 9.17) is 14.7 Å². The topological polar surface area (TPSA) is 77.1 Å². The lowest BCUT2D eigenvalue weighted by molar-refractivity contribution is -0.147. The second-order valence-electron chi connectivity index (χ2n) is 5.36. The molecule has 2 aromatic rings. The summed E-state index contributed by atoms with van der Waals surface area (Å²) in [5.74, 6) is -0.797. The average molecular weight is 315 g/mol. The molecule has 118 valence electrons. The quantitative estimate of drug-likeness (QED) is 0.807. The molecule has 0 unspecified atom stereocenters. The van der Waals surface area contributed by atoms with E-state index in [9.17, 15) is 9.18 Å². The second-order valence-corrected chi connectivity index (χ2v) is 5.36. The van der Waals surface area contributed by atoms with Crippen LogP contribution in [0.1, 0.15) is 29.0 Å². The molecule has 0 N–H and O–H groups in total. The summed E-state index contributed by atoms with van der Waals surface area (Å²) < 4.78 is 25.3. The zero-order valence-corrected chi connectivity index (χ0v) is 12.4. The molecule has 1 atom stereocenters. The summed E-state index contributed by atoms with van der Waals surface area (Å²) in [5, 5.41) is 9.09. The van der Waals surface area contributed by atoms with Crippen LogP contribution in [0.25, 0.3) is 0 Å². The SMILES string of the molecule is C[C@H](c1ccccc1)n1c(C(=O)OC2(C#N)COC2)cnc1F. The van der Waals surface area contributed by atoms with Crippen LogP contribution in [-0.4, -0.2) is 34.3 Å². The van der Waals surface area contributed by atoms with Crippen LogP contribution in [0.5, 0.6) is 0 Å². The van der Waals surface area contributed by atoms with Gasteiger partial charge in [0.05, 0.1) is 12.2 Å². The molecule has 3 rings (SSSR count). The number of benzene rings is 1. The molecule has 1 saturated heterocycles. The van der Waals surface area contributed by atoms with Gasteiger partial charge in [0.2, 0.25) is 5.60 Å². The Bertz CT molecular complexity index is 763. The molecule has 0 bridgehead atoms.